The molecule has 1 aromatic rings. The maximum atomic E-state index is 6.02. The highest BCUT2D eigenvalue weighted by atomic mass is 127. The predicted molar refractivity (Wildman–Crippen MR) is 65.6 cm³/mol. The Labute approximate surface area is 102 Å². The summed E-state index contributed by atoms with van der Waals surface area (Å²) in [5, 5.41) is 1.29. The lowest BCUT2D eigenvalue weighted by Crippen LogP contribution is -1.94. The highest BCUT2D eigenvalue weighted by Crippen LogP contribution is 2.31. The molecular weight excluding hydrogens is 322 g/mol. The highest BCUT2D eigenvalue weighted by Gasteiger charge is 2.08. The van der Waals surface area contributed by atoms with Gasteiger partial charge in [0, 0.05) is 20.0 Å². The van der Waals surface area contributed by atoms with E-state index in [1.54, 1.807) is 19.2 Å². The summed E-state index contributed by atoms with van der Waals surface area (Å²) in [6.07, 6.45) is 0.903. The van der Waals surface area contributed by atoms with Crippen molar-refractivity contribution in [3.63, 3.8) is 0 Å². The van der Waals surface area contributed by atoms with Gasteiger partial charge in [0.1, 0.15) is 5.75 Å². The molecule has 0 unspecified atom stereocenters. The molecule has 1 aromatic carbocycles. The Hall–Kier alpha value is 0.330. The maximum Gasteiger partial charge on any atom is 0.125 e. The molecule has 0 heterocycles. The third kappa shape index (κ3) is 2.89. The molecule has 13 heavy (non-hydrogen) atoms. The van der Waals surface area contributed by atoms with Crippen LogP contribution in [-0.2, 0) is 6.42 Å². The average Bonchev–Trinajstić information content (AvgIpc) is 2.09. The molecule has 0 spiro atoms. The zero-order valence-electron chi connectivity index (χ0n) is 7.11. The van der Waals surface area contributed by atoms with E-state index in [0.29, 0.717) is 10.0 Å². The lowest BCUT2D eigenvalue weighted by Gasteiger charge is -2.09. The van der Waals surface area contributed by atoms with Gasteiger partial charge in [0.15, 0.2) is 0 Å². The van der Waals surface area contributed by atoms with E-state index in [9.17, 15) is 0 Å². The normalized spacial score (nSPS) is 10.2. The zero-order valence-corrected chi connectivity index (χ0v) is 10.8. The van der Waals surface area contributed by atoms with E-state index in [-0.39, 0.29) is 0 Å². The second-order valence-corrected chi connectivity index (χ2v) is 4.43. The number of ether oxygens (including phenoxy) is 1. The maximum absolute atomic E-state index is 6.02. The van der Waals surface area contributed by atoms with Crippen molar-refractivity contribution >= 4 is 45.8 Å². The molecule has 4 heteroatoms. The van der Waals surface area contributed by atoms with E-state index in [1.807, 2.05) is 0 Å². The number of rotatable bonds is 3. The molecule has 0 N–H and O–H groups in total. The first kappa shape index (κ1) is 11.4. The van der Waals surface area contributed by atoms with Crippen LogP contribution in [-0.4, -0.2) is 11.5 Å². The predicted octanol–water partition coefficient (Wildman–Crippen LogP) is 3.98. The molecule has 72 valence electrons. The summed E-state index contributed by atoms with van der Waals surface area (Å²) in [7, 11) is 1.62. The molecule has 1 rings (SSSR count). The minimum Gasteiger partial charge on any atom is -0.496 e. The first-order valence-corrected chi connectivity index (χ1v) is 6.05. The summed E-state index contributed by atoms with van der Waals surface area (Å²) >= 11 is 14.2. The van der Waals surface area contributed by atoms with Gasteiger partial charge in [-0.3, -0.25) is 0 Å². The van der Waals surface area contributed by atoms with Gasteiger partial charge in [0.05, 0.1) is 7.11 Å². The van der Waals surface area contributed by atoms with Crippen LogP contribution < -0.4 is 4.74 Å². The molecule has 0 aliphatic carbocycles. The first-order valence-electron chi connectivity index (χ1n) is 3.77. The van der Waals surface area contributed by atoms with Crippen molar-refractivity contribution in [3.05, 3.63) is 27.7 Å². The fraction of sp³-hybridized carbons (Fsp3) is 0.333. The minimum absolute atomic E-state index is 0.610. The molecule has 0 saturated heterocycles. The summed E-state index contributed by atoms with van der Waals surface area (Å²) in [6.45, 7) is 0. The van der Waals surface area contributed by atoms with E-state index in [1.165, 1.54) is 0 Å². The van der Waals surface area contributed by atoms with Crippen LogP contribution in [0, 0.1) is 0 Å². The van der Waals surface area contributed by atoms with Crippen LogP contribution in [0.5, 0.6) is 5.75 Å². The molecule has 0 radical (unpaired) electrons. The number of methoxy groups -OCH3 is 1. The number of alkyl halides is 1. The van der Waals surface area contributed by atoms with Gasteiger partial charge in [-0.05, 0) is 18.6 Å². The largest absolute Gasteiger partial charge is 0.496 e. The smallest absolute Gasteiger partial charge is 0.125 e. The quantitative estimate of drug-likeness (QED) is 0.601. The van der Waals surface area contributed by atoms with Gasteiger partial charge < -0.3 is 4.74 Å². The Morgan fingerprint density at radius 3 is 2.62 bits per heavy atom. The Morgan fingerprint density at radius 1 is 1.38 bits per heavy atom. The summed E-state index contributed by atoms with van der Waals surface area (Å²) in [4.78, 5) is 0. The highest BCUT2D eigenvalue weighted by molar-refractivity contribution is 14.1. The molecule has 0 atom stereocenters. The van der Waals surface area contributed by atoms with E-state index in [4.69, 9.17) is 27.9 Å². The van der Waals surface area contributed by atoms with Crippen LogP contribution in [0.3, 0.4) is 0 Å². The van der Waals surface area contributed by atoms with Gasteiger partial charge in [-0.2, -0.15) is 0 Å². The standard InChI is InChI=1S/C9H9Cl2IO/c1-13-9-5-6(10)4-8(11)7(9)2-3-12/h4-5H,2-3H2,1H3. The van der Waals surface area contributed by atoms with Crippen LogP contribution >= 0.6 is 45.8 Å². The second-order valence-electron chi connectivity index (χ2n) is 2.51. The average molecular weight is 331 g/mol. The Kier molecular flexibility index (Phi) is 4.62. The molecule has 0 bridgehead atoms. The van der Waals surface area contributed by atoms with E-state index in [2.05, 4.69) is 22.6 Å². The van der Waals surface area contributed by atoms with Crippen LogP contribution in [0.25, 0.3) is 0 Å². The van der Waals surface area contributed by atoms with Crippen molar-refractivity contribution in [1.82, 2.24) is 0 Å². The Morgan fingerprint density at radius 2 is 2.08 bits per heavy atom. The fourth-order valence-electron chi connectivity index (χ4n) is 1.10. The van der Waals surface area contributed by atoms with Crippen molar-refractivity contribution in [1.29, 1.82) is 0 Å². The van der Waals surface area contributed by atoms with Crippen molar-refractivity contribution in [2.75, 3.05) is 11.5 Å². The second kappa shape index (κ2) is 5.27. The van der Waals surface area contributed by atoms with Crippen LogP contribution in [0.4, 0.5) is 0 Å². The molecule has 0 saturated carbocycles. The molecular formula is C9H9Cl2IO. The third-order valence-corrected chi connectivity index (χ3v) is 2.78. The molecule has 0 aliphatic heterocycles. The van der Waals surface area contributed by atoms with Crippen molar-refractivity contribution in [2.45, 2.75) is 6.42 Å². The molecule has 1 nitrogen and oxygen atoms in total. The topological polar surface area (TPSA) is 9.23 Å². The van der Waals surface area contributed by atoms with E-state index < -0.39 is 0 Å². The SMILES string of the molecule is COc1cc(Cl)cc(Cl)c1CCI. The summed E-state index contributed by atoms with van der Waals surface area (Å²) < 4.78 is 6.20. The van der Waals surface area contributed by atoms with Crippen molar-refractivity contribution < 1.29 is 4.74 Å². The van der Waals surface area contributed by atoms with Crippen molar-refractivity contribution in [2.24, 2.45) is 0 Å². The Balaban J connectivity index is 3.13. The van der Waals surface area contributed by atoms with Gasteiger partial charge in [-0.25, -0.2) is 0 Å². The lowest BCUT2D eigenvalue weighted by atomic mass is 10.1. The van der Waals surface area contributed by atoms with E-state index >= 15 is 0 Å². The summed E-state index contributed by atoms with van der Waals surface area (Å²) in [5.41, 5.74) is 1.03. The number of hydrogen-bond donors (Lipinski definition) is 0. The summed E-state index contributed by atoms with van der Waals surface area (Å²) in [6, 6.07) is 3.53. The molecule has 0 amide bonds. The van der Waals surface area contributed by atoms with Crippen LogP contribution in [0.1, 0.15) is 5.56 Å². The molecule has 0 aromatic heterocycles. The molecule has 0 fully saturated rings. The monoisotopic (exact) mass is 330 g/mol. The fourth-order valence-corrected chi connectivity index (χ4v) is 2.21. The number of halogens is 3. The third-order valence-electron chi connectivity index (χ3n) is 1.68. The van der Waals surface area contributed by atoms with Gasteiger partial charge >= 0.3 is 0 Å². The Bertz CT molecular complexity index is 302. The van der Waals surface area contributed by atoms with Gasteiger partial charge in [-0.1, -0.05) is 45.8 Å². The molecule has 0 aliphatic rings. The number of hydrogen-bond acceptors (Lipinski definition) is 1. The lowest BCUT2D eigenvalue weighted by molar-refractivity contribution is 0.410. The first-order chi connectivity index (χ1) is 6.19. The van der Waals surface area contributed by atoms with Gasteiger partial charge in [0.2, 0.25) is 0 Å². The van der Waals surface area contributed by atoms with E-state index in [0.717, 1.165) is 22.2 Å². The van der Waals surface area contributed by atoms with Gasteiger partial charge in [0.25, 0.3) is 0 Å². The van der Waals surface area contributed by atoms with Gasteiger partial charge in [-0.15, -0.1) is 0 Å². The van der Waals surface area contributed by atoms with Crippen molar-refractivity contribution in [3.8, 4) is 5.75 Å². The number of benzene rings is 1. The zero-order chi connectivity index (χ0) is 9.84. The van der Waals surface area contributed by atoms with Crippen LogP contribution in [0.2, 0.25) is 10.0 Å². The summed E-state index contributed by atoms with van der Waals surface area (Å²) in [5.74, 6) is 0.772. The van der Waals surface area contributed by atoms with Crippen LogP contribution in [0.15, 0.2) is 12.1 Å². The minimum atomic E-state index is 0.610.